The standard InChI is InChI=1S/C14H17Cl2NO2/c1-3-19-14(18)13-8-17(2)7-12(13)9-4-10(15)6-11(16)5-9/h4-6,12-13H,3,7-8H2,1-2H3. The molecule has 1 saturated heterocycles. The molecule has 1 aliphatic heterocycles. The van der Waals surface area contributed by atoms with Crippen LogP contribution in [-0.4, -0.2) is 37.6 Å². The lowest BCUT2D eigenvalue weighted by molar-refractivity contribution is -0.147. The van der Waals surface area contributed by atoms with E-state index >= 15 is 0 Å². The van der Waals surface area contributed by atoms with E-state index in [4.69, 9.17) is 27.9 Å². The molecule has 0 radical (unpaired) electrons. The van der Waals surface area contributed by atoms with Gasteiger partial charge in [-0.15, -0.1) is 0 Å². The van der Waals surface area contributed by atoms with E-state index in [-0.39, 0.29) is 17.8 Å². The molecule has 5 heteroatoms. The fourth-order valence-corrected chi connectivity index (χ4v) is 3.16. The molecule has 2 unspecified atom stereocenters. The minimum absolute atomic E-state index is 0.0836. The Morgan fingerprint density at radius 3 is 2.53 bits per heavy atom. The van der Waals surface area contributed by atoms with Gasteiger partial charge in [-0.1, -0.05) is 23.2 Å². The summed E-state index contributed by atoms with van der Waals surface area (Å²) in [6.45, 7) is 3.73. The van der Waals surface area contributed by atoms with Gasteiger partial charge in [0, 0.05) is 29.1 Å². The van der Waals surface area contributed by atoms with Crippen molar-refractivity contribution in [2.45, 2.75) is 12.8 Å². The Bertz CT molecular complexity index is 458. The first-order valence-corrected chi connectivity index (χ1v) is 7.08. The van der Waals surface area contributed by atoms with Crippen molar-refractivity contribution in [1.29, 1.82) is 0 Å². The highest BCUT2D eigenvalue weighted by atomic mass is 35.5. The molecule has 1 fully saturated rings. The first kappa shape index (κ1) is 14.6. The van der Waals surface area contributed by atoms with Crippen LogP contribution >= 0.6 is 23.2 Å². The van der Waals surface area contributed by atoms with E-state index in [2.05, 4.69) is 4.90 Å². The lowest BCUT2D eigenvalue weighted by Crippen LogP contribution is -2.24. The third kappa shape index (κ3) is 3.41. The summed E-state index contributed by atoms with van der Waals surface area (Å²) in [7, 11) is 2.00. The van der Waals surface area contributed by atoms with Gasteiger partial charge in [-0.2, -0.15) is 0 Å². The Morgan fingerprint density at radius 1 is 1.32 bits per heavy atom. The SMILES string of the molecule is CCOC(=O)C1CN(C)CC1c1cc(Cl)cc(Cl)c1. The smallest absolute Gasteiger partial charge is 0.310 e. The number of likely N-dealkylation sites (tertiary alicyclic amines) is 1. The summed E-state index contributed by atoms with van der Waals surface area (Å²) in [6, 6.07) is 5.46. The molecular formula is C14H17Cl2NO2. The normalized spacial score (nSPS) is 23.6. The largest absolute Gasteiger partial charge is 0.466 e. The van der Waals surface area contributed by atoms with Crippen LogP contribution in [0.15, 0.2) is 18.2 Å². The number of halogens is 2. The molecule has 1 aromatic carbocycles. The summed E-state index contributed by atoms with van der Waals surface area (Å²) in [6.07, 6.45) is 0. The molecule has 0 aromatic heterocycles. The van der Waals surface area contributed by atoms with Gasteiger partial charge in [0.1, 0.15) is 0 Å². The van der Waals surface area contributed by atoms with Crippen LogP contribution in [0.2, 0.25) is 10.0 Å². The van der Waals surface area contributed by atoms with Crippen LogP contribution in [0, 0.1) is 5.92 Å². The van der Waals surface area contributed by atoms with Gasteiger partial charge in [0.2, 0.25) is 0 Å². The van der Waals surface area contributed by atoms with Crippen LogP contribution in [0.25, 0.3) is 0 Å². The second-order valence-corrected chi connectivity index (χ2v) is 5.76. The van der Waals surface area contributed by atoms with Crippen molar-refractivity contribution < 1.29 is 9.53 Å². The fourth-order valence-electron chi connectivity index (χ4n) is 2.62. The van der Waals surface area contributed by atoms with Crippen molar-refractivity contribution in [3.05, 3.63) is 33.8 Å². The van der Waals surface area contributed by atoms with E-state index in [1.54, 1.807) is 6.07 Å². The second-order valence-electron chi connectivity index (χ2n) is 4.89. The van der Waals surface area contributed by atoms with Crippen molar-refractivity contribution in [2.24, 2.45) is 5.92 Å². The molecule has 0 N–H and O–H groups in total. The zero-order valence-electron chi connectivity index (χ0n) is 11.0. The highest BCUT2D eigenvalue weighted by molar-refractivity contribution is 6.34. The van der Waals surface area contributed by atoms with E-state index in [9.17, 15) is 4.79 Å². The van der Waals surface area contributed by atoms with Crippen LogP contribution in [0.1, 0.15) is 18.4 Å². The van der Waals surface area contributed by atoms with Crippen molar-refractivity contribution in [1.82, 2.24) is 4.90 Å². The fraction of sp³-hybridized carbons (Fsp3) is 0.500. The molecule has 1 aliphatic rings. The number of hydrogen-bond donors (Lipinski definition) is 0. The highest BCUT2D eigenvalue weighted by Gasteiger charge is 2.38. The summed E-state index contributed by atoms with van der Waals surface area (Å²) in [5.74, 6) is -0.215. The Balaban J connectivity index is 2.27. The Hall–Kier alpha value is -0.770. The van der Waals surface area contributed by atoms with Gasteiger partial charge >= 0.3 is 5.97 Å². The van der Waals surface area contributed by atoms with Gasteiger partial charge < -0.3 is 9.64 Å². The quantitative estimate of drug-likeness (QED) is 0.803. The second kappa shape index (κ2) is 6.12. The molecule has 1 aromatic rings. The summed E-state index contributed by atoms with van der Waals surface area (Å²) < 4.78 is 5.15. The van der Waals surface area contributed by atoms with Crippen LogP contribution < -0.4 is 0 Å². The monoisotopic (exact) mass is 301 g/mol. The number of esters is 1. The van der Waals surface area contributed by atoms with Crippen molar-refractivity contribution in [3.8, 4) is 0 Å². The molecule has 104 valence electrons. The maximum absolute atomic E-state index is 12.0. The first-order chi connectivity index (χ1) is 9.01. The Kier molecular flexibility index (Phi) is 4.71. The van der Waals surface area contributed by atoms with Gasteiger partial charge in [0.05, 0.1) is 12.5 Å². The predicted molar refractivity (Wildman–Crippen MR) is 76.8 cm³/mol. The summed E-state index contributed by atoms with van der Waals surface area (Å²) in [5, 5.41) is 1.19. The van der Waals surface area contributed by atoms with Crippen LogP contribution in [0.5, 0.6) is 0 Å². The maximum atomic E-state index is 12.0. The van der Waals surface area contributed by atoms with Crippen molar-refractivity contribution in [2.75, 3.05) is 26.7 Å². The van der Waals surface area contributed by atoms with E-state index < -0.39 is 0 Å². The number of likely N-dealkylation sites (N-methyl/N-ethyl adjacent to an activating group) is 1. The van der Waals surface area contributed by atoms with Crippen LogP contribution in [0.4, 0.5) is 0 Å². The minimum atomic E-state index is -0.153. The highest BCUT2D eigenvalue weighted by Crippen LogP contribution is 2.35. The topological polar surface area (TPSA) is 29.5 Å². The molecular weight excluding hydrogens is 285 g/mol. The molecule has 19 heavy (non-hydrogen) atoms. The van der Waals surface area contributed by atoms with Crippen LogP contribution in [0.3, 0.4) is 0 Å². The summed E-state index contributed by atoms with van der Waals surface area (Å²) in [4.78, 5) is 14.2. The molecule has 0 amide bonds. The molecule has 2 atom stereocenters. The third-order valence-corrected chi connectivity index (χ3v) is 3.84. The molecule has 3 nitrogen and oxygen atoms in total. The van der Waals surface area contributed by atoms with Gasteiger partial charge in [-0.25, -0.2) is 0 Å². The van der Waals surface area contributed by atoms with E-state index in [0.717, 1.165) is 12.1 Å². The van der Waals surface area contributed by atoms with Gasteiger partial charge in [-0.3, -0.25) is 4.79 Å². The van der Waals surface area contributed by atoms with Gasteiger partial charge in [-0.05, 0) is 37.7 Å². The number of hydrogen-bond acceptors (Lipinski definition) is 3. The zero-order valence-corrected chi connectivity index (χ0v) is 12.5. The summed E-state index contributed by atoms with van der Waals surface area (Å²) >= 11 is 12.1. The molecule has 2 rings (SSSR count). The maximum Gasteiger partial charge on any atom is 0.310 e. The van der Waals surface area contributed by atoms with E-state index in [1.807, 2.05) is 26.1 Å². The van der Waals surface area contributed by atoms with Crippen molar-refractivity contribution in [3.63, 3.8) is 0 Å². The van der Waals surface area contributed by atoms with Crippen molar-refractivity contribution >= 4 is 29.2 Å². The number of carbonyl (C=O) groups excluding carboxylic acids is 1. The molecule has 1 heterocycles. The predicted octanol–water partition coefficient (Wildman–Crippen LogP) is 3.20. The Morgan fingerprint density at radius 2 is 1.95 bits per heavy atom. The average molecular weight is 302 g/mol. The number of benzene rings is 1. The number of rotatable bonds is 3. The van der Waals surface area contributed by atoms with Gasteiger partial charge in [0.25, 0.3) is 0 Å². The van der Waals surface area contributed by atoms with E-state index in [0.29, 0.717) is 23.2 Å². The number of ether oxygens (including phenoxy) is 1. The molecule has 0 aliphatic carbocycles. The third-order valence-electron chi connectivity index (χ3n) is 3.40. The first-order valence-electron chi connectivity index (χ1n) is 6.32. The lowest BCUT2D eigenvalue weighted by atomic mass is 9.89. The average Bonchev–Trinajstić information content (AvgIpc) is 2.70. The molecule has 0 bridgehead atoms. The minimum Gasteiger partial charge on any atom is -0.466 e. The van der Waals surface area contributed by atoms with Gasteiger partial charge in [0.15, 0.2) is 0 Å². The zero-order chi connectivity index (χ0) is 14.0. The summed E-state index contributed by atoms with van der Waals surface area (Å²) in [5.41, 5.74) is 1.000. The van der Waals surface area contributed by atoms with Crippen LogP contribution in [-0.2, 0) is 9.53 Å². The van der Waals surface area contributed by atoms with E-state index in [1.165, 1.54) is 0 Å². The number of nitrogens with zero attached hydrogens (tertiary/aromatic N) is 1. The Labute approximate surface area is 123 Å². The lowest BCUT2D eigenvalue weighted by Gasteiger charge is -2.18. The number of carbonyl (C=O) groups is 1. The molecule has 0 saturated carbocycles. The molecule has 0 spiro atoms.